The molecule has 4 radical (unpaired) electrons. The van der Waals surface area contributed by atoms with Gasteiger partial charge in [-0.1, -0.05) is 0 Å². The second-order valence-electron chi connectivity index (χ2n) is 15.4. The Morgan fingerprint density at radius 1 is 0.342 bits per heavy atom. The SMILES string of the molecule is CC(C)(C)[CH2][Sn]([Cl])[CH2]CC[CH2][Sn]([Cl])[CH2]C(C)(C)C.CC(C)(C)[CH2][Sn]([Cl])[CH2]CC[CH2][Sn]([Cl])[CH2]C(C)(C)C.O.O. The third kappa shape index (κ3) is 42.4. The van der Waals surface area contributed by atoms with Crippen LogP contribution in [0.4, 0.5) is 0 Å². The molecule has 0 aromatic rings. The molecular formula is C28H64Cl4O2Sn4. The van der Waals surface area contributed by atoms with Crippen LogP contribution in [0.15, 0.2) is 0 Å². The maximum atomic E-state index is 6.57. The molecule has 0 amide bonds. The van der Waals surface area contributed by atoms with Crippen molar-refractivity contribution in [2.75, 3.05) is 0 Å². The first-order chi connectivity index (χ1) is 16.0. The summed E-state index contributed by atoms with van der Waals surface area (Å²) in [4.78, 5) is 0. The van der Waals surface area contributed by atoms with Crippen molar-refractivity contribution in [2.45, 2.75) is 144 Å². The molecule has 0 aromatic carbocycles. The summed E-state index contributed by atoms with van der Waals surface area (Å²) in [5.74, 6) is 0. The number of rotatable bonds is 14. The van der Waals surface area contributed by atoms with Crippen LogP contribution in [0.2, 0.25) is 35.5 Å². The topological polar surface area (TPSA) is 63.0 Å². The van der Waals surface area contributed by atoms with Crippen LogP contribution in [0.3, 0.4) is 0 Å². The Labute approximate surface area is 283 Å². The summed E-state index contributed by atoms with van der Waals surface area (Å²) < 4.78 is 10.6. The number of unbranched alkanes of at least 4 members (excludes halogenated alkanes) is 2. The molecule has 0 aliphatic carbocycles. The van der Waals surface area contributed by atoms with E-state index in [0.29, 0.717) is 21.7 Å². The zero-order valence-corrected chi connectivity index (χ0v) is 41.4. The molecule has 0 rings (SSSR count). The Morgan fingerprint density at radius 3 is 0.579 bits per heavy atom. The molecule has 0 aliphatic rings. The molecule has 38 heavy (non-hydrogen) atoms. The summed E-state index contributed by atoms with van der Waals surface area (Å²) in [6.07, 6.45) is 5.37. The van der Waals surface area contributed by atoms with Gasteiger partial charge >= 0.3 is 276 Å². The second-order valence-corrected chi connectivity index (χ2v) is 51.3. The Kier molecular flexibility index (Phi) is 31.7. The average Bonchev–Trinajstić information content (AvgIpc) is 2.57. The molecule has 0 saturated heterocycles. The van der Waals surface area contributed by atoms with Crippen LogP contribution >= 0.6 is 35.7 Å². The molecule has 232 valence electrons. The van der Waals surface area contributed by atoms with E-state index < -0.39 is 74.5 Å². The normalized spacial score (nSPS) is 12.9. The zero-order chi connectivity index (χ0) is 28.8. The maximum Gasteiger partial charge on any atom is -0.412 e. The van der Waals surface area contributed by atoms with Crippen LogP contribution in [-0.4, -0.2) is 85.5 Å². The van der Waals surface area contributed by atoms with Gasteiger partial charge in [0, 0.05) is 0 Å². The second kappa shape index (κ2) is 24.5. The van der Waals surface area contributed by atoms with Gasteiger partial charge in [0.25, 0.3) is 0 Å². The van der Waals surface area contributed by atoms with E-state index in [1.165, 1.54) is 61.2 Å². The van der Waals surface area contributed by atoms with Crippen LogP contribution in [0.5, 0.6) is 0 Å². The van der Waals surface area contributed by atoms with Gasteiger partial charge in [-0.05, 0) is 0 Å². The minimum Gasteiger partial charge on any atom is -0.412 e. The molecule has 0 unspecified atom stereocenters. The van der Waals surface area contributed by atoms with Gasteiger partial charge in [0.05, 0.1) is 0 Å². The van der Waals surface area contributed by atoms with E-state index in [4.69, 9.17) is 35.7 Å². The van der Waals surface area contributed by atoms with Crippen molar-refractivity contribution >= 4 is 110 Å². The quantitative estimate of drug-likeness (QED) is 0.123. The summed E-state index contributed by atoms with van der Waals surface area (Å²) in [5.41, 5.74) is 1.76. The molecule has 0 fully saturated rings. The van der Waals surface area contributed by atoms with Crippen LogP contribution in [0.1, 0.15) is 109 Å². The molecule has 10 heteroatoms. The van der Waals surface area contributed by atoms with Gasteiger partial charge in [-0.25, -0.2) is 0 Å². The molecule has 2 nitrogen and oxygen atoms in total. The molecule has 0 bridgehead atoms. The summed E-state index contributed by atoms with van der Waals surface area (Å²) in [6, 6.07) is 0. The van der Waals surface area contributed by atoms with Crippen LogP contribution in [0, 0.1) is 21.7 Å². The number of hydrogen-bond acceptors (Lipinski definition) is 0. The molecule has 0 spiro atoms. The predicted molar refractivity (Wildman–Crippen MR) is 188 cm³/mol. The minimum absolute atomic E-state index is 0. The Bertz CT molecular complexity index is 449. The number of hydrogen-bond donors (Lipinski definition) is 0. The third-order valence-electron chi connectivity index (χ3n) is 5.18. The van der Waals surface area contributed by atoms with Crippen molar-refractivity contribution in [2.24, 2.45) is 21.7 Å². The molecule has 0 aromatic heterocycles. The van der Waals surface area contributed by atoms with Crippen molar-refractivity contribution in [3.63, 3.8) is 0 Å². The van der Waals surface area contributed by atoms with Crippen LogP contribution < -0.4 is 0 Å². The predicted octanol–water partition coefficient (Wildman–Crippen LogP) is 11.0. The van der Waals surface area contributed by atoms with E-state index in [2.05, 4.69) is 83.1 Å². The van der Waals surface area contributed by atoms with Crippen molar-refractivity contribution < 1.29 is 11.0 Å². The first kappa shape index (κ1) is 49.2. The van der Waals surface area contributed by atoms with Crippen molar-refractivity contribution in [3.8, 4) is 0 Å². The number of halogens is 4. The van der Waals surface area contributed by atoms with Gasteiger partial charge in [0.15, 0.2) is 0 Å². The first-order valence-electron chi connectivity index (χ1n) is 14.0. The summed E-state index contributed by atoms with van der Waals surface area (Å²) >= 11 is -6.13. The Morgan fingerprint density at radius 2 is 0.474 bits per heavy atom. The Hall–Kier alpha value is 4.27. The minimum atomic E-state index is -1.53. The third-order valence-corrected chi connectivity index (χ3v) is 40.6. The van der Waals surface area contributed by atoms with E-state index in [1.54, 1.807) is 0 Å². The molecule has 0 aliphatic heterocycles. The standard InChI is InChI=1S/4C5H11.2C4H8.4ClH.2H2O.4Sn/c4*1-5(2,3)4;2*1-3-4-2;;;;;;;;;;/h4*1H2,2-4H3;2*1-4H2;4*1H;2*1H2;;;;/q;;;;;;;;;;;;4*+1/p-4. The van der Waals surface area contributed by atoms with E-state index in [0.717, 1.165) is 0 Å². The fourth-order valence-electron chi connectivity index (χ4n) is 3.92. The van der Waals surface area contributed by atoms with Gasteiger partial charge in [-0.15, -0.1) is 0 Å². The smallest absolute Gasteiger partial charge is 0.412 e. The summed E-state index contributed by atoms with van der Waals surface area (Å²) in [7, 11) is 26.3. The van der Waals surface area contributed by atoms with Crippen molar-refractivity contribution in [3.05, 3.63) is 0 Å². The fraction of sp³-hybridized carbons (Fsp3) is 1.00. The summed E-state index contributed by atoms with van der Waals surface area (Å²) in [5, 5.41) is 0. The van der Waals surface area contributed by atoms with Crippen LogP contribution in [0.25, 0.3) is 0 Å². The van der Waals surface area contributed by atoms with Gasteiger partial charge < -0.3 is 11.0 Å². The van der Waals surface area contributed by atoms with Crippen molar-refractivity contribution in [1.82, 2.24) is 0 Å². The van der Waals surface area contributed by atoms with E-state index >= 15 is 0 Å². The molecule has 0 saturated carbocycles. The average molecular weight is 1050 g/mol. The van der Waals surface area contributed by atoms with Gasteiger partial charge in [0.1, 0.15) is 0 Å². The molecular weight excluding hydrogens is 985 g/mol. The van der Waals surface area contributed by atoms with Crippen LogP contribution in [-0.2, 0) is 0 Å². The van der Waals surface area contributed by atoms with E-state index in [1.807, 2.05) is 0 Å². The van der Waals surface area contributed by atoms with Gasteiger partial charge in [-0.3, -0.25) is 0 Å². The van der Waals surface area contributed by atoms with Crippen molar-refractivity contribution in [1.29, 1.82) is 0 Å². The Balaban J connectivity index is -0.000000289. The van der Waals surface area contributed by atoms with E-state index in [-0.39, 0.29) is 11.0 Å². The van der Waals surface area contributed by atoms with Gasteiger partial charge in [0.2, 0.25) is 0 Å². The largest absolute Gasteiger partial charge is 0.412 e. The zero-order valence-electron chi connectivity index (χ0n) is 27.0. The summed E-state index contributed by atoms with van der Waals surface area (Å²) in [6.45, 7) is 27.7. The maximum absolute atomic E-state index is 6.57. The molecule has 0 atom stereocenters. The first-order valence-corrected chi connectivity index (χ1v) is 44.6. The van der Waals surface area contributed by atoms with Gasteiger partial charge in [-0.2, -0.15) is 0 Å². The molecule has 4 N–H and O–H groups in total. The monoisotopic (exact) mass is 1050 g/mol. The molecule has 0 heterocycles. The van der Waals surface area contributed by atoms with E-state index in [9.17, 15) is 0 Å². The fourth-order valence-corrected chi connectivity index (χ4v) is 40.7.